The van der Waals surface area contributed by atoms with E-state index >= 15 is 0 Å². The highest BCUT2D eigenvalue weighted by atomic mass is 35.5. The highest BCUT2D eigenvalue weighted by Gasteiger charge is 2.24. The summed E-state index contributed by atoms with van der Waals surface area (Å²) in [6.45, 7) is 5.19. The highest BCUT2D eigenvalue weighted by molar-refractivity contribution is 6.23. The van der Waals surface area contributed by atoms with Crippen LogP contribution >= 0.6 is 11.6 Å². The molecule has 0 aliphatic heterocycles. The Labute approximate surface area is 77.9 Å². The van der Waals surface area contributed by atoms with Gasteiger partial charge in [0.05, 0.1) is 0 Å². The van der Waals surface area contributed by atoms with E-state index in [0.717, 1.165) is 6.08 Å². The summed E-state index contributed by atoms with van der Waals surface area (Å²) in [5.41, 5.74) is 0. The van der Waals surface area contributed by atoms with Gasteiger partial charge in [-0.1, -0.05) is 18.2 Å². The zero-order valence-electron chi connectivity index (χ0n) is 7.63. The molecule has 0 bridgehead atoms. The predicted octanol–water partition coefficient (Wildman–Crippen LogP) is 1.23. The van der Waals surface area contributed by atoms with Gasteiger partial charge in [-0.2, -0.15) is 0 Å². The van der Waals surface area contributed by atoms with Crippen LogP contribution < -0.4 is 0 Å². The highest BCUT2D eigenvalue weighted by Crippen LogP contribution is 2.16. The molecule has 0 saturated heterocycles. The molecule has 70 valence electrons. The molecular formula is C8H14ClNO2. The van der Waals surface area contributed by atoms with Crippen molar-refractivity contribution in [3.63, 3.8) is 0 Å². The summed E-state index contributed by atoms with van der Waals surface area (Å²) in [7, 11) is 3.63. The lowest BCUT2D eigenvalue weighted by molar-refractivity contribution is -0.139. The second-order valence-electron chi connectivity index (χ2n) is 2.85. The van der Waals surface area contributed by atoms with Gasteiger partial charge in [-0.05, 0) is 21.0 Å². The van der Waals surface area contributed by atoms with Crippen molar-refractivity contribution in [3.8, 4) is 0 Å². The van der Waals surface area contributed by atoms with Crippen LogP contribution in [0, 0.1) is 0 Å². The predicted molar refractivity (Wildman–Crippen MR) is 49.1 cm³/mol. The molecule has 1 unspecified atom stereocenters. The number of esters is 1. The quantitative estimate of drug-likeness (QED) is 0.290. The van der Waals surface area contributed by atoms with E-state index in [2.05, 4.69) is 6.58 Å². The first-order chi connectivity index (χ1) is 5.40. The summed E-state index contributed by atoms with van der Waals surface area (Å²) in [6.07, 6.45) is 1.11. The Bertz CT molecular complexity index is 178. The SMILES string of the molecule is C=CC(=O)OCC(C)(Cl)N(C)C. The maximum Gasteiger partial charge on any atom is 0.330 e. The molecule has 12 heavy (non-hydrogen) atoms. The van der Waals surface area contributed by atoms with Crippen LogP contribution in [0.1, 0.15) is 6.92 Å². The van der Waals surface area contributed by atoms with Crippen LogP contribution in [-0.2, 0) is 9.53 Å². The number of rotatable bonds is 4. The molecule has 3 nitrogen and oxygen atoms in total. The number of halogens is 1. The number of likely N-dealkylation sites (N-methyl/N-ethyl adjacent to an activating group) is 1. The molecule has 1 atom stereocenters. The van der Waals surface area contributed by atoms with Crippen LogP contribution in [0.4, 0.5) is 0 Å². The molecule has 0 aliphatic rings. The molecule has 0 N–H and O–H groups in total. The van der Waals surface area contributed by atoms with Crippen LogP contribution in [0.2, 0.25) is 0 Å². The van der Waals surface area contributed by atoms with Crippen LogP contribution in [0.5, 0.6) is 0 Å². The summed E-state index contributed by atoms with van der Waals surface area (Å²) in [4.78, 5) is 11.8. The number of hydrogen-bond acceptors (Lipinski definition) is 3. The Morgan fingerprint density at radius 2 is 2.25 bits per heavy atom. The van der Waals surface area contributed by atoms with Crippen molar-refractivity contribution in [3.05, 3.63) is 12.7 Å². The summed E-state index contributed by atoms with van der Waals surface area (Å²) in [5, 5.41) is 0. The van der Waals surface area contributed by atoms with Gasteiger partial charge >= 0.3 is 5.97 Å². The smallest absolute Gasteiger partial charge is 0.330 e. The lowest BCUT2D eigenvalue weighted by Gasteiger charge is -2.28. The maximum absolute atomic E-state index is 10.7. The third-order valence-corrected chi connectivity index (χ3v) is 2.02. The summed E-state index contributed by atoms with van der Waals surface area (Å²) in [5.74, 6) is -0.455. The molecule has 0 amide bonds. The second kappa shape index (κ2) is 4.48. The number of carbonyl (C=O) groups is 1. The lowest BCUT2D eigenvalue weighted by Crippen LogP contribution is -2.40. The molecule has 0 rings (SSSR count). The zero-order valence-corrected chi connectivity index (χ0v) is 8.39. The Morgan fingerprint density at radius 1 is 1.75 bits per heavy atom. The molecule has 0 aromatic heterocycles. The van der Waals surface area contributed by atoms with Gasteiger partial charge in [-0.15, -0.1) is 0 Å². The third kappa shape index (κ3) is 3.74. The molecule has 0 heterocycles. The van der Waals surface area contributed by atoms with E-state index in [-0.39, 0.29) is 6.61 Å². The van der Waals surface area contributed by atoms with E-state index in [1.807, 2.05) is 14.1 Å². The summed E-state index contributed by atoms with van der Waals surface area (Å²) >= 11 is 5.99. The van der Waals surface area contributed by atoms with Gasteiger partial charge in [0.25, 0.3) is 0 Å². The summed E-state index contributed by atoms with van der Waals surface area (Å²) in [6, 6.07) is 0. The van der Waals surface area contributed by atoms with E-state index in [1.165, 1.54) is 0 Å². The largest absolute Gasteiger partial charge is 0.459 e. The minimum atomic E-state index is -0.654. The Morgan fingerprint density at radius 3 is 2.58 bits per heavy atom. The van der Waals surface area contributed by atoms with E-state index in [4.69, 9.17) is 16.3 Å². The fourth-order valence-electron chi connectivity index (χ4n) is 0.391. The Kier molecular flexibility index (Phi) is 4.28. The van der Waals surface area contributed by atoms with Crippen molar-refractivity contribution in [1.82, 2.24) is 4.90 Å². The lowest BCUT2D eigenvalue weighted by atomic mass is 10.3. The molecule has 0 aromatic rings. The molecule has 0 aliphatic carbocycles. The van der Waals surface area contributed by atoms with E-state index in [1.54, 1.807) is 11.8 Å². The van der Waals surface area contributed by atoms with Crippen LogP contribution in [0.25, 0.3) is 0 Å². The monoisotopic (exact) mass is 191 g/mol. The molecule has 0 saturated carbocycles. The van der Waals surface area contributed by atoms with Gasteiger partial charge in [0.1, 0.15) is 11.6 Å². The molecule has 0 fully saturated rings. The van der Waals surface area contributed by atoms with E-state index < -0.39 is 11.0 Å². The van der Waals surface area contributed by atoms with Crippen molar-refractivity contribution < 1.29 is 9.53 Å². The van der Waals surface area contributed by atoms with E-state index in [0.29, 0.717) is 0 Å². The number of nitrogens with zero attached hydrogens (tertiary/aromatic N) is 1. The Hall–Kier alpha value is -0.540. The first-order valence-electron chi connectivity index (χ1n) is 3.55. The average Bonchev–Trinajstić information content (AvgIpc) is 2.00. The fraction of sp³-hybridized carbons (Fsp3) is 0.625. The normalized spacial score (nSPS) is 15.4. The third-order valence-electron chi connectivity index (χ3n) is 1.58. The average molecular weight is 192 g/mol. The number of hydrogen-bond donors (Lipinski definition) is 0. The van der Waals surface area contributed by atoms with Crippen molar-refractivity contribution in [1.29, 1.82) is 0 Å². The minimum Gasteiger partial charge on any atom is -0.459 e. The molecule has 0 aromatic carbocycles. The van der Waals surface area contributed by atoms with Gasteiger partial charge < -0.3 is 4.74 Å². The van der Waals surface area contributed by atoms with Crippen molar-refractivity contribution >= 4 is 17.6 Å². The Balaban J connectivity index is 3.91. The maximum atomic E-state index is 10.7. The standard InChI is InChI=1S/C8H14ClNO2/c1-5-7(11)12-6-8(2,9)10(3)4/h5H,1,6H2,2-4H3. The summed E-state index contributed by atoms with van der Waals surface area (Å²) < 4.78 is 4.79. The molecular weight excluding hydrogens is 178 g/mol. The number of alkyl halides is 1. The second-order valence-corrected chi connectivity index (χ2v) is 3.66. The van der Waals surface area contributed by atoms with Gasteiger partial charge in [0.15, 0.2) is 0 Å². The van der Waals surface area contributed by atoms with Gasteiger partial charge in [-0.3, -0.25) is 4.90 Å². The topological polar surface area (TPSA) is 29.5 Å². The first kappa shape index (κ1) is 11.5. The van der Waals surface area contributed by atoms with Gasteiger partial charge in [0, 0.05) is 6.08 Å². The molecule has 0 radical (unpaired) electrons. The first-order valence-corrected chi connectivity index (χ1v) is 3.93. The fourth-order valence-corrected chi connectivity index (χ4v) is 0.445. The van der Waals surface area contributed by atoms with Crippen molar-refractivity contribution in [2.45, 2.75) is 11.9 Å². The minimum absolute atomic E-state index is 0.145. The van der Waals surface area contributed by atoms with Gasteiger partial charge in [-0.25, -0.2) is 4.79 Å². The van der Waals surface area contributed by atoms with Crippen molar-refractivity contribution in [2.75, 3.05) is 20.7 Å². The number of carbonyl (C=O) groups excluding carboxylic acids is 1. The number of ether oxygens (including phenoxy) is 1. The van der Waals surface area contributed by atoms with Crippen LogP contribution in [-0.4, -0.2) is 36.6 Å². The van der Waals surface area contributed by atoms with Gasteiger partial charge in [0.2, 0.25) is 0 Å². The van der Waals surface area contributed by atoms with Crippen LogP contribution in [0.15, 0.2) is 12.7 Å². The van der Waals surface area contributed by atoms with Crippen LogP contribution in [0.3, 0.4) is 0 Å². The zero-order chi connectivity index (χ0) is 9.78. The van der Waals surface area contributed by atoms with Crippen molar-refractivity contribution in [2.24, 2.45) is 0 Å². The van der Waals surface area contributed by atoms with E-state index in [9.17, 15) is 4.79 Å². The molecule has 0 spiro atoms. The molecule has 4 heteroatoms.